The third kappa shape index (κ3) is 2.01. The van der Waals surface area contributed by atoms with Crippen molar-refractivity contribution in [1.29, 1.82) is 0 Å². The minimum Gasteiger partial charge on any atom is -0.477 e. The van der Waals surface area contributed by atoms with Gasteiger partial charge >= 0.3 is 5.97 Å². The second-order valence-electron chi connectivity index (χ2n) is 4.70. The van der Waals surface area contributed by atoms with Gasteiger partial charge in [0, 0.05) is 31.0 Å². The maximum Gasteiger partial charge on any atom is 0.341 e. The zero-order chi connectivity index (χ0) is 15.1. The van der Waals surface area contributed by atoms with Crippen LogP contribution >= 0.6 is 0 Å². The standard InChI is InChI=1S/C15H11FN2O3/c1-17-8-10(15(20)21)14(19)9-6-11(16)13(7-12(9)17)18-4-2-3-5-18/h2-8H,1H3,(H,20,21). The molecule has 5 nitrogen and oxygen atoms in total. The summed E-state index contributed by atoms with van der Waals surface area (Å²) < 4.78 is 17.3. The monoisotopic (exact) mass is 286 g/mol. The van der Waals surface area contributed by atoms with E-state index in [9.17, 15) is 14.0 Å². The van der Waals surface area contributed by atoms with Gasteiger partial charge in [-0.2, -0.15) is 0 Å². The number of aryl methyl sites for hydroxylation is 1. The summed E-state index contributed by atoms with van der Waals surface area (Å²) in [7, 11) is 1.62. The molecule has 0 aliphatic heterocycles. The quantitative estimate of drug-likeness (QED) is 0.785. The number of aromatic nitrogens is 2. The van der Waals surface area contributed by atoms with E-state index in [2.05, 4.69) is 0 Å². The molecule has 0 spiro atoms. The average Bonchev–Trinajstić information content (AvgIpc) is 2.96. The van der Waals surface area contributed by atoms with E-state index >= 15 is 0 Å². The molecule has 0 atom stereocenters. The molecule has 0 saturated carbocycles. The van der Waals surface area contributed by atoms with Gasteiger partial charge in [0.05, 0.1) is 11.2 Å². The Hall–Kier alpha value is -2.89. The summed E-state index contributed by atoms with van der Waals surface area (Å²) in [5, 5.41) is 9.06. The summed E-state index contributed by atoms with van der Waals surface area (Å²) in [6.45, 7) is 0. The van der Waals surface area contributed by atoms with Crippen molar-refractivity contribution in [2.24, 2.45) is 7.05 Å². The molecule has 0 bridgehead atoms. The largest absolute Gasteiger partial charge is 0.477 e. The molecule has 3 aromatic rings. The van der Waals surface area contributed by atoms with E-state index in [0.717, 1.165) is 6.07 Å². The smallest absolute Gasteiger partial charge is 0.341 e. The van der Waals surface area contributed by atoms with Crippen LogP contribution in [0.1, 0.15) is 10.4 Å². The van der Waals surface area contributed by atoms with Gasteiger partial charge in [-0.15, -0.1) is 0 Å². The van der Waals surface area contributed by atoms with Crippen LogP contribution in [-0.4, -0.2) is 20.2 Å². The summed E-state index contributed by atoms with van der Waals surface area (Å²) >= 11 is 0. The van der Waals surface area contributed by atoms with Crippen LogP contribution in [0.4, 0.5) is 4.39 Å². The highest BCUT2D eigenvalue weighted by Crippen LogP contribution is 2.20. The highest BCUT2D eigenvalue weighted by molar-refractivity contribution is 5.93. The van der Waals surface area contributed by atoms with Crippen molar-refractivity contribution in [1.82, 2.24) is 9.13 Å². The zero-order valence-electron chi connectivity index (χ0n) is 11.1. The summed E-state index contributed by atoms with van der Waals surface area (Å²) in [4.78, 5) is 23.1. The highest BCUT2D eigenvalue weighted by atomic mass is 19.1. The van der Waals surface area contributed by atoms with Gasteiger partial charge in [-0.1, -0.05) is 0 Å². The molecule has 1 N–H and O–H groups in total. The summed E-state index contributed by atoms with van der Waals surface area (Å²) in [5.74, 6) is -1.91. The Labute approximate surface area is 118 Å². The predicted octanol–water partition coefficient (Wildman–Crippen LogP) is 2.17. The molecule has 0 fully saturated rings. The van der Waals surface area contributed by atoms with E-state index in [0.29, 0.717) is 11.2 Å². The van der Waals surface area contributed by atoms with E-state index in [1.807, 2.05) is 0 Å². The number of benzene rings is 1. The maximum atomic E-state index is 14.2. The molecule has 0 aliphatic rings. The Bertz CT molecular complexity index is 911. The van der Waals surface area contributed by atoms with E-state index in [4.69, 9.17) is 5.11 Å². The third-order valence-electron chi connectivity index (χ3n) is 3.37. The SMILES string of the molecule is Cn1cc(C(=O)O)c(=O)c2cc(F)c(-n3cccc3)cc21. The van der Waals surface area contributed by atoms with E-state index < -0.39 is 17.2 Å². The summed E-state index contributed by atoms with van der Waals surface area (Å²) in [5.41, 5.74) is -0.299. The van der Waals surface area contributed by atoms with Crippen LogP contribution in [0.25, 0.3) is 16.6 Å². The molecule has 2 heterocycles. The van der Waals surface area contributed by atoms with Crippen molar-refractivity contribution in [2.75, 3.05) is 0 Å². The Morgan fingerprint density at radius 2 is 1.90 bits per heavy atom. The Morgan fingerprint density at radius 3 is 2.52 bits per heavy atom. The Morgan fingerprint density at radius 1 is 1.24 bits per heavy atom. The first-order valence-electron chi connectivity index (χ1n) is 6.18. The summed E-state index contributed by atoms with van der Waals surface area (Å²) in [6.07, 6.45) is 4.62. The zero-order valence-corrected chi connectivity index (χ0v) is 11.1. The average molecular weight is 286 g/mol. The van der Waals surface area contributed by atoms with Gasteiger partial charge in [0.15, 0.2) is 0 Å². The number of nitrogens with zero attached hydrogens (tertiary/aromatic N) is 2. The van der Waals surface area contributed by atoms with Gasteiger partial charge in [0.2, 0.25) is 5.43 Å². The van der Waals surface area contributed by atoms with Crippen molar-refractivity contribution in [3.8, 4) is 5.69 Å². The van der Waals surface area contributed by atoms with Gasteiger partial charge in [0.25, 0.3) is 0 Å². The molecule has 0 amide bonds. The molecule has 0 saturated heterocycles. The predicted molar refractivity (Wildman–Crippen MR) is 75.4 cm³/mol. The molecule has 3 rings (SSSR count). The first-order chi connectivity index (χ1) is 9.99. The van der Waals surface area contributed by atoms with Crippen molar-refractivity contribution < 1.29 is 14.3 Å². The van der Waals surface area contributed by atoms with Crippen LogP contribution in [0, 0.1) is 5.82 Å². The number of hydrogen-bond acceptors (Lipinski definition) is 2. The number of aromatic carboxylic acids is 1. The fourth-order valence-electron chi connectivity index (χ4n) is 2.34. The lowest BCUT2D eigenvalue weighted by molar-refractivity contribution is 0.0695. The number of fused-ring (bicyclic) bond motifs is 1. The lowest BCUT2D eigenvalue weighted by Gasteiger charge is -2.11. The molecule has 1 aromatic carbocycles. The second-order valence-corrected chi connectivity index (χ2v) is 4.70. The first-order valence-corrected chi connectivity index (χ1v) is 6.18. The van der Waals surface area contributed by atoms with E-state index in [1.165, 1.54) is 16.8 Å². The topological polar surface area (TPSA) is 64.2 Å². The Kier molecular flexibility index (Phi) is 2.86. The van der Waals surface area contributed by atoms with E-state index in [-0.39, 0.29) is 10.9 Å². The fraction of sp³-hybridized carbons (Fsp3) is 0.0667. The number of carbonyl (C=O) groups is 1. The van der Waals surface area contributed by atoms with E-state index in [1.54, 1.807) is 36.1 Å². The molecular weight excluding hydrogens is 275 g/mol. The van der Waals surface area contributed by atoms with Gasteiger partial charge in [-0.25, -0.2) is 9.18 Å². The normalized spacial score (nSPS) is 11.0. The summed E-state index contributed by atoms with van der Waals surface area (Å²) in [6, 6.07) is 6.13. The van der Waals surface area contributed by atoms with Crippen molar-refractivity contribution >= 4 is 16.9 Å². The molecular formula is C15H11FN2O3. The molecule has 2 aromatic heterocycles. The van der Waals surface area contributed by atoms with Gasteiger partial charge in [0.1, 0.15) is 11.4 Å². The van der Waals surface area contributed by atoms with Crippen LogP contribution in [0.2, 0.25) is 0 Å². The molecule has 0 aliphatic carbocycles. The Balaban J connectivity index is 2.39. The molecule has 21 heavy (non-hydrogen) atoms. The van der Waals surface area contributed by atoms with Crippen molar-refractivity contribution in [2.45, 2.75) is 0 Å². The van der Waals surface area contributed by atoms with Gasteiger partial charge < -0.3 is 14.2 Å². The first kappa shape index (κ1) is 13.1. The van der Waals surface area contributed by atoms with Gasteiger partial charge in [-0.3, -0.25) is 4.79 Å². The number of pyridine rings is 1. The minimum absolute atomic E-state index is 0.0470. The number of carboxylic acids is 1. The molecule has 0 unspecified atom stereocenters. The van der Waals surface area contributed by atoms with Crippen molar-refractivity contribution in [3.05, 3.63) is 64.5 Å². The lowest BCUT2D eigenvalue weighted by Crippen LogP contribution is -2.18. The van der Waals surface area contributed by atoms with Crippen LogP contribution in [0.5, 0.6) is 0 Å². The maximum absolute atomic E-state index is 14.2. The minimum atomic E-state index is -1.33. The van der Waals surface area contributed by atoms with Crippen LogP contribution in [0.15, 0.2) is 47.7 Å². The molecule has 0 radical (unpaired) electrons. The number of hydrogen-bond donors (Lipinski definition) is 1. The number of halogens is 1. The molecule has 6 heteroatoms. The lowest BCUT2D eigenvalue weighted by atomic mass is 10.1. The van der Waals surface area contributed by atoms with Crippen LogP contribution in [-0.2, 0) is 7.05 Å². The van der Waals surface area contributed by atoms with Crippen LogP contribution < -0.4 is 5.43 Å². The second kappa shape index (κ2) is 4.59. The number of carboxylic acid groups (broad SMARTS) is 1. The van der Waals surface area contributed by atoms with Crippen LogP contribution in [0.3, 0.4) is 0 Å². The third-order valence-corrected chi connectivity index (χ3v) is 3.37. The van der Waals surface area contributed by atoms with Crippen molar-refractivity contribution in [3.63, 3.8) is 0 Å². The highest BCUT2D eigenvalue weighted by Gasteiger charge is 2.16. The fourth-order valence-corrected chi connectivity index (χ4v) is 2.34. The molecule has 106 valence electrons. The number of rotatable bonds is 2. The van der Waals surface area contributed by atoms with Gasteiger partial charge in [-0.05, 0) is 24.3 Å².